The first-order valence-corrected chi connectivity index (χ1v) is 10.6. The SMILES string of the molecule is N#CN1C[C@@H]2CC[C@]3(C1)[C@H]2N3c1nc2n(n1)CCCC2c1ccc(C(F)(F)F)cc1F. The van der Waals surface area contributed by atoms with Gasteiger partial charge in [-0.3, -0.25) is 0 Å². The number of anilines is 1. The number of nitriles is 1. The first-order valence-electron chi connectivity index (χ1n) is 10.6. The van der Waals surface area contributed by atoms with Gasteiger partial charge in [-0.05, 0) is 43.4 Å². The van der Waals surface area contributed by atoms with Crippen LogP contribution in [0.5, 0.6) is 0 Å². The van der Waals surface area contributed by atoms with Crippen molar-refractivity contribution in [1.82, 2.24) is 19.7 Å². The molecule has 1 aromatic carbocycles. The second-order valence-electron chi connectivity index (χ2n) is 9.12. The van der Waals surface area contributed by atoms with E-state index < -0.39 is 23.5 Å². The van der Waals surface area contributed by atoms with Crippen LogP contribution in [0.3, 0.4) is 0 Å². The van der Waals surface area contributed by atoms with Crippen molar-refractivity contribution < 1.29 is 17.6 Å². The molecular formula is C21H20F4N6. The van der Waals surface area contributed by atoms with Crippen LogP contribution in [0.15, 0.2) is 18.2 Å². The van der Waals surface area contributed by atoms with Crippen molar-refractivity contribution in [3.63, 3.8) is 0 Å². The minimum Gasteiger partial charge on any atom is -0.324 e. The normalized spacial score (nSPS) is 31.3. The van der Waals surface area contributed by atoms with Crippen molar-refractivity contribution in [2.24, 2.45) is 5.92 Å². The number of halogens is 4. The summed E-state index contributed by atoms with van der Waals surface area (Å²) in [5, 5.41) is 14.0. The number of fused-ring (bicyclic) bond motifs is 1. The number of rotatable bonds is 2. The van der Waals surface area contributed by atoms with Crippen LogP contribution < -0.4 is 4.90 Å². The lowest BCUT2D eigenvalue weighted by Gasteiger charge is -2.23. The van der Waals surface area contributed by atoms with Crippen LogP contribution in [-0.4, -0.2) is 44.3 Å². The van der Waals surface area contributed by atoms with E-state index in [0.717, 1.165) is 31.9 Å². The average Bonchev–Trinajstić information content (AvgIpc) is 3.10. The maximum atomic E-state index is 14.7. The second kappa shape index (κ2) is 6.11. The van der Waals surface area contributed by atoms with E-state index in [2.05, 4.69) is 11.1 Å². The van der Waals surface area contributed by atoms with E-state index in [4.69, 9.17) is 10.1 Å². The summed E-state index contributed by atoms with van der Waals surface area (Å²) in [7, 11) is 0. The summed E-state index contributed by atoms with van der Waals surface area (Å²) in [5.41, 5.74) is -0.853. The van der Waals surface area contributed by atoms with Gasteiger partial charge in [0.15, 0.2) is 6.19 Å². The Hall–Kier alpha value is -2.83. The van der Waals surface area contributed by atoms with Crippen LogP contribution in [0.4, 0.5) is 23.5 Å². The van der Waals surface area contributed by atoms with E-state index in [-0.39, 0.29) is 11.1 Å². The molecule has 2 bridgehead atoms. The van der Waals surface area contributed by atoms with Gasteiger partial charge in [0.2, 0.25) is 5.95 Å². The highest BCUT2D eigenvalue weighted by Crippen LogP contribution is 2.60. The third-order valence-electron chi connectivity index (χ3n) is 7.48. The van der Waals surface area contributed by atoms with Gasteiger partial charge in [0.1, 0.15) is 11.6 Å². The Kier molecular flexibility index (Phi) is 3.73. The van der Waals surface area contributed by atoms with E-state index in [9.17, 15) is 22.8 Å². The van der Waals surface area contributed by atoms with Crippen LogP contribution >= 0.6 is 0 Å². The molecule has 3 aliphatic heterocycles. The predicted molar refractivity (Wildman–Crippen MR) is 101 cm³/mol. The molecule has 1 aromatic heterocycles. The number of aromatic nitrogens is 3. The van der Waals surface area contributed by atoms with Crippen molar-refractivity contribution in [2.45, 2.75) is 55.9 Å². The van der Waals surface area contributed by atoms with Crippen LogP contribution in [0.2, 0.25) is 0 Å². The molecule has 1 saturated carbocycles. The highest BCUT2D eigenvalue weighted by Gasteiger charge is 2.73. The van der Waals surface area contributed by atoms with Gasteiger partial charge >= 0.3 is 6.18 Å². The molecule has 4 aliphatic rings. The smallest absolute Gasteiger partial charge is 0.324 e. The van der Waals surface area contributed by atoms with Crippen LogP contribution in [0, 0.1) is 23.2 Å². The fourth-order valence-electron chi connectivity index (χ4n) is 6.15. The molecule has 2 saturated heterocycles. The summed E-state index contributed by atoms with van der Waals surface area (Å²) in [5.74, 6) is 0.332. The van der Waals surface area contributed by atoms with Crippen molar-refractivity contribution >= 4 is 5.95 Å². The predicted octanol–water partition coefficient (Wildman–Crippen LogP) is 3.50. The molecule has 3 fully saturated rings. The molecule has 6 nitrogen and oxygen atoms in total. The number of hydrogen-bond donors (Lipinski definition) is 0. The van der Waals surface area contributed by atoms with Gasteiger partial charge in [0.05, 0.1) is 23.7 Å². The molecule has 162 valence electrons. The number of hydrogen-bond acceptors (Lipinski definition) is 5. The van der Waals surface area contributed by atoms with Crippen LogP contribution in [0.25, 0.3) is 0 Å². The first kappa shape index (κ1) is 18.9. The number of aryl methyl sites for hydroxylation is 1. The van der Waals surface area contributed by atoms with Gasteiger partial charge in [-0.1, -0.05) is 6.07 Å². The number of piperidine rings is 2. The molecule has 1 aliphatic carbocycles. The average molecular weight is 432 g/mol. The quantitative estimate of drug-likeness (QED) is 0.413. The van der Waals surface area contributed by atoms with Gasteiger partial charge in [-0.25, -0.2) is 9.07 Å². The van der Waals surface area contributed by atoms with Gasteiger partial charge in [-0.15, -0.1) is 5.10 Å². The molecular weight excluding hydrogens is 412 g/mol. The number of likely N-dealkylation sites (tertiary alicyclic amines) is 1. The Morgan fingerprint density at radius 1 is 1.23 bits per heavy atom. The number of nitrogens with zero attached hydrogens (tertiary/aromatic N) is 6. The van der Waals surface area contributed by atoms with E-state index >= 15 is 0 Å². The first-order chi connectivity index (χ1) is 14.8. The van der Waals surface area contributed by atoms with Gasteiger partial charge in [-0.2, -0.15) is 23.4 Å². The second-order valence-corrected chi connectivity index (χ2v) is 9.12. The minimum absolute atomic E-state index is 0.0920. The topological polar surface area (TPSA) is 60.8 Å². The van der Waals surface area contributed by atoms with Crippen molar-refractivity contribution in [2.75, 3.05) is 18.0 Å². The molecule has 0 N–H and O–H groups in total. The van der Waals surface area contributed by atoms with Crippen LogP contribution in [-0.2, 0) is 12.7 Å². The summed E-state index contributed by atoms with van der Waals surface area (Å²) >= 11 is 0. The Morgan fingerprint density at radius 2 is 2.06 bits per heavy atom. The fourth-order valence-corrected chi connectivity index (χ4v) is 6.15. The Morgan fingerprint density at radius 3 is 2.81 bits per heavy atom. The Balaban J connectivity index is 1.33. The molecule has 0 radical (unpaired) electrons. The lowest BCUT2D eigenvalue weighted by molar-refractivity contribution is -0.137. The van der Waals surface area contributed by atoms with Gasteiger partial charge in [0.25, 0.3) is 0 Å². The number of alkyl halides is 3. The summed E-state index contributed by atoms with van der Waals surface area (Å²) < 4.78 is 55.2. The maximum Gasteiger partial charge on any atom is 0.416 e. The zero-order valence-corrected chi connectivity index (χ0v) is 16.6. The van der Waals surface area contributed by atoms with Crippen molar-refractivity contribution in [3.8, 4) is 6.19 Å². The van der Waals surface area contributed by atoms with Crippen molar-refractivity contribution in [3.05, 3.63) is 41.0 Å². The molecule has 4 heterocycles. The molecule has 0 spiro atoms. The number of benzene rings is 1. The zero-order chi connectivity index (χ0) is 21.5. The maximum absolute atomic E-state index is 14.7. The molecule has 10 heteroatoms. The Labute approximate surface area is 176 Å². The molecule has 31 heavy (non-hydrogen) atoms. The molecule has 4 atom stereocenters. The summed E-state index contributed by atoms with van der Waals surface area (Å²) in [6.45, 7) is 2.08. The minimum atomic E-state index is -4.58. The van der Waals surface area contributed by atoms with E-state index in [1.807, 2.05) is 4.90 Å². The van der Waals surface area contributed by atoms with Gasteiger partial charge in [0, 0.05) is 24.9 Å². The molecule has 2 aromatic rings. The third kappa shape index (κ3) is 2.61. The highest BCUT2D eigenvalue weighted by atomic mass is 19.4. The monoisotopic (exact) mass is 432 g/mol. The molecule has 1 unspecified atom stereocenters. The van der Waals surface area contributed by atoms with Crippen molar-refractivity contribution in [1.29, 1.82) is 5.26 Å². The lowest BCUT2D eigenvalue weighted by atomic mass is 9.90. The lowest BCUT2D eigenvalue weighted by Crippen LogP contribution is -2.39. The summed E-state index contributed by atoms with van der Waals surface area (Å²) in [6.07, 6.45) is 1.14. The molecule has 0 amide bonds. The highest BCUT2D eigenvalue weighted by molar-refractivity contribution is 5.57. The van der Waals surface area contributed by atoms with Crippen LogP contribution in [0.1, 0.15) is 48.6 Å². The van der Waals surface area contributed by atoms with Gasteiger partial charge < -0.3 is 9.80 Å². The van der Waals surface area contributed by atoms with E-state index in [0.29, 0.717) is 49.3 Å². The largest absolute Gasteiger partial charge is 0.416 e. The summed E-state index contributed by atoms with van der Waals surface area (Å²) in [4.78, 5) is 8.78. The Bertz CT molecular complexity index is 1100. The summed E-state index contributed by atoms with van der Waals surface area (Å²) in [6, 6.07) is 3.07. The van der Waals surface area contributed by atoms with E-state index in [1.165, 1.54) is 6.07 Å². The third-order valence-corrected chi connectivity index (χ3v) is 7.48. The fraction of sp³-hybridized carbons (Fsp3) is 0.571. The zero-order valence-electron chi connectivity index (χ0n) is 16.6. The van der Waals surface area contributed by atoms with E-state index in [1.54, 1.807) is 4.68 Å². The molecule has 6 rings (SSSR count). The standard InChI is InChI=1S/C21H20F4N6/c22-16-8-13(21(23,24)25)3-4-14(16)15-2-1-7-30-18(15)27-19(28-30)31-17-12-5-6-20(17,31)10-29(9-12)11-26/h3-4,8,12,15,17H,1-2,5-7,9-10H2/t12-,15?,17-,20-,31?/m0/s1.